The highest BCUT2D eigenvalue weighted by Gasteiger charge is 2.24. The van der Waals surface area contributed by atoms with Gasteiger partial charge in [-0.05, 0) is 18.8 Å². The third-order valence-electron chi connectivity index (χ3n) is 1.71. The van der Waals surface area contributed by atoms with Crippen molar-refractivity contribution in [3.8, 4) is 0 Å². The fraction of sp³-hybridized carbons (Fsp3) is 0.833. The summed E-state index contributed by atoms with van der Waals surface area (Å²) >= 11 is 0. The van der Waals surface area contributed by atoms with Gasteiger partial charge in [0.2, 0.25) is 0 Å². The maximum absolute atomic E-state index is 10.8. The van der Waals surface area contributed by atoms with E-state index in [1.54, 1.807) is 4.90 Å². The van der Waals surface area contributed by atoms with Gasteiger partial charge in [0.25, 0.3) is 0 Å². The molecule has 2 radical (unpaired) electrons. The number of rotatable bonds is 0. The number of ether oxygens (including phenoxy) is 1. The molecule has 0 saturated carbocycles. The van der Waals surface area contributed by atoms with E-state index < -0.39 is 0 Å². The largest absolute Gasteiger partial charge is 0.453 e. The van der Waals surface area contributed by atoms with Crippen molar-refractivity contribution in [1.29, 1.82) is 0 Å². The lowest BCUT2D eigenvalue weighted by Gasteiger charge is -2.19. The van der Waals surface area contributed by atoms with Crippen molar-refractivity contribution in [3.63, 3.8) is 0 Å². The Kier molecular flexibility index (Phi) is 2.19. The monoisotopic (exact) mass is 139 g/mol. The summed E-state index contributed by atoms with van der Waals surface area (Å²) in [5.74, 6) is -0.132. The SMILES string of the molecule is [B]C1CCCN1C(=O)OC. The molecule has 4 heteroatoms. The number of hydrogen-bond acceptors (Lipinski definition) is 2. The Labute approximate surface area is 61.7 Å². The minimum absolute atomic E-state index is 0.132. The molecule has 1 rings (SSSR count). The molecule has 0 aromatic carbocycles. The van der Waals surface area contributed by atoms with E-state index in [2.05, 4.69) is 4.74 Å². The van der Waals surface area contributed by atoms with Crippen molar-refractivity contribution in [2.75, 3.05) is 13.7 Å². The first-order valence-electron chi connectivity index (χ1n) is 3.36. The van der Waals surface area contributed by atoms with E-state index in [1.165, 1.54) is 7.11 Å². The molecule has 0 aromatic heterocycles. The summed E-state index contributed by atoms with van der Waals surface area (Å²) in [6.45, 7) is 0.730. The van der Waals surface area contributed by atoms with E-state index in [-0.39, 0.29) is 12.0 Å². The van der Waals surface area contributed by atoms with Crippen LogP contribution < -0.4 is 0 Å². The average Bonchev–Trinajstić information content (AvgIpc) is 2.34. The molecule has 1 amide bonds. The lowest BCUT2D eigenvalue weighted by molar-refractivity contribution is 0.129. The van der Waals surface area contributed by atoms with Crippen LogP contribution in [0.25, 0.3) is 0 Å². The van der Waals surface area contributed by atoms with Crippen molar-refractivity contribution in [2.45, 2.75) is 18.8 Å². The third kappa shape index (κ3) is 1.25. The van der Waals surface area contributed by atoms with E-state index in [4.69, 9.17) is 7.85 Å². The molecule has 0 aromatic rings. The van der Waals surface area contributed by atoms with E-state index in [1.807, 2.05) is 0 Å². The molecule has 0 bridgehead atoms. The Hall–Kier alpha value is -0.665. The minimum Gasteiger partial charge on any atom is -0.453 e. The molecular weight excluding hydrogens is 129 g/mol. The van der Waals surface area contributed by atoms with Crippen molar-refractivity contribution in [2.24, 2.45) is 0 Å². The molecular formula is C6H10BNO2. The number of nitrogens with zero attached hydrogens (tertiary/aromatic N) is 1. The maximum atomic E-state index is 10.8. The van der Waals surface area contributed by atoms with E-state index in [0.717, 1.165) is 19.4 Å². The Morgan fingerprint density at radius 3 is 2.90 bits per heavy atom. The van der Waals surface area contributed by atoms with Crippen LogP contribution in [-0.2, 0) is 4.74 Å². The molecule has 1 atom stereocenters. The van der Waals surface area contributed by atoms with Gasteiger partial charge in [-0.2, -0.15) is 0 Å². The zero-order valence-corrected chi connectivity index (χ0v) is 6.04. The highest BCUT2D eigenvalue weighted by Crippen LogP contribution is 2.14. The standard InChI is InChI=1S/C6H10BNO2/c1-10-6(9)8-4-2-3-5(8)7/h5H,2-4H2,1H3. The van der Waals surface area contributed by atoms with Crippen LogP contribution in [0.1, 0.15) is 12.8 Å². The molecule has 1 aliphatic heterocycles. The second kappa shape index (κ2) is 2.95. The summed E-state index contributed by atoms with van der Waals surface area (Å²) < 4.78 is 4.51. The normalized spacial score (nSPS) is 24.9. The number of amides is 1. The summed E-state index contributed by atoms with van der Waals surface area (Å²) in [6, 6.07) is 0. The lowest BCUT2D eigenvalue weighted by atomic mass is 9.94. The number of hydrogen-bond donors (Lipinski definition) is 0. The summed E-state index contributed by atoms with van der Waals surface area (Å²) in [5, 5.41) is 0. The van der Waals surface area contributed by atoms with Gasteiger partial charge in [-0.15, -0.1) is 0 Å². The van der Waals surface area contributed by atoms with Gasteiger partial charge >= 0.3 is 6.09 Å². The number of methoxy groups -OCH3 is 1. The zero-order valence-electron chi connectivity index (χ0n) is 6.04. The second-order valence-corrected chi connectivity index (χ2v) is 2.37. The highest BCUT2D eigenvalue weighted by atomic mass is 16.5. The molecule has 54 valence electrons. The van der Waals surface area contributed by atoms with Crippen LogP contribution in [-0.4, -0.2) is 38.4 Å². The zero-order chi connectivity index (χ0) is 7.56. The smallest absolute Gasteiger partial charge is 0.409 e. The number of carbonyl (C=O) groups excluding carboxylic acids is 1. The Balaban J connectivity index is 2.46. The van der Waals surface area contributed by atoms with Gasteiger partial charge in [-0.1, -0.05) is 0 Å². The molecule has 1 unspecified atom stereocenters. The first-order chi connectivity index (χ1) is 4.75. The second-order valence-electron chi connectivity index (χ2n) is 2.37. The minimum atomic E-state index is -0.315. The van der Waals surface area contributed by atoms with Crippen molar-refractivity contribution in [3.05, 3.63) is 0 Å². The molecule has 1 aliphatic rings. The van der Waals surface area contributed by atoms with E-state index in [9.17, 15) is 4.79 Å². The molecule has 1 fully saturated rings. The van der Waals surface area contributed by atoms with Crippen molar-refractivity contribution < 1.29 is 9.53 Å². The predicted molar refractivity (Wildman–Crippen MR) is 37.9 cm³/mol. The predicted octanol–water partition coefficient (Wildman–Crippen LogP) is 0.343. The Bertz CT molecular complexity index is 140. The molecule has 3 nitrogen and oxygen atoms in total. The maximum Gasteiger partial charge on any atom is 0.409 e. The lowest BCUT2D eigenvalue weighted by Crippen LogP contribution is -2.35. The highest BCUT2D eigenvalue weighted by molar-refractivity contribution is 6.12. The summed E-state index contributed by atoms with van der Waals surface area (Å²) in [6.07, 6.45) is 1.55. The Morgan fingerprint density at radius 1 is 1.80 bits per heavy atom. The molecule has 1 heterocycles. The Morgan fingerprint density at radius 2 is 2.50 bits per heavy atom. The first-order valence-corrected chi connectivity index (χ1v) is 3.36. The number of likely N-dealkylation sites (tertiary alicyclic amines) is 1. The third-order valence-corrected chi connectivity index (χ3v) is 1.71. The van der Waals surface area contributed by atoms with Gasteiger partial charge in [0.1, 0.15) is 0 Å². The van der Waals surface area contributed by atoms with Crippen LogP contribution >= 0.6 is 0 Å². The molecule has 10 heavy (non-hydrogen) atoms. The average molecular weight is 139 g/mol. The topological polar surface area (TPSA) is 29.5 Å². The van der Waals surface area contributed by atoms with Crippen LogP contribution in [0.4, 0.5) is 4.79 Å². The molecule has 0 spiro atoms. The number of carbonyl (C=O) groups is 1. The quantitative estimate of drug-likeness (QED) is 0.453. The van der Waals surface area contributed by atoms with Gasteiger partial charge in [0.15, 0.2) is 0 Å². The fourth-order valence-corrected chi connectivity index (χ4v) is 1.14. The van der Waals surface area contributed by atoms with E-state index in [0.29, 0.717) is 0 Å². The molecule has 0 aliphatic carbocycles. The van der Waals surface area contributed by atoms with Crippen LogP contribution in [0.2, 0.25) is 0 Å². The van der Waals surface area contributed by atoms with Crippen LogP contribution in [0.5, 0.6) is 0 Å². The van der Waals surface area contributed by atoms with Gasteiger partial charge < -0.3 is 9.64 Å². The molecule has 0 N–H and O–H groups in total. The summed E-state index contributed by atoms with van der Waals surface area (Å²) in [7, 11) is 6.95. The van der Waals surface area contributed by atoms with Gasteiger partial charge in [-0.3, -0.25) is 0 Å². The van der Waals surface area contributed by atoms with Gasteiger partial charge in [0.05, 0.1) is 15.0 Å². The van der Waals surface area contributed by atoms with Crippen molar-refractivity contribution >= 4 is 13.9 Å². The first kappa shape index (κ1) is 7.44. The van der Waals surface area contributed by atoms with Crippen LogP contribution in [0.15, 0.2) is 0 Å². The van der Waals surface area contributed by atoms with Gasteiger partial charge in [-0.25, -0.2) is 4.79 Å². The van der Waals surface area contributed by atoms with Crippen molar-refractivity contribution in [1.82, 2.24) is 4.90 Å². The van der Waals surface area contributed by atoms with Crippen LogP contribution in [0, 0.1) is 0 Å². The molecule has 1 saturated heterocycles. The van der Waals surface area contributed by atoms with E-state index >= 15 is 0 Å². The van der Waals surface area contributed by atoms with Crippen LogP contribution in [0.3, 0.4) is 0 Å². The summed E-state index contributed by atoms with van der Waals surface area (Å²) in [4.78, 5) is 12.4. The van der Waals surface area contributed by atoms with Gasteiger partial charge in [0, 0.05) is 6.54 Å². The fourth-order valence-electron chi connectivity index (χ4n) is 1.14. The summed E-state index contributed by atoms with van der Waals surface area (Å²) in [5.41, 5.74) is 0.